The van der Waals surface area contributed by atoms with Crippen molar-refractivity contribution in [3.05, 3.63) is 34.9 Å². The highest BCUT2D eigenvalue weighted by Crippen LogP contribution is 2.37. The Bertz CT molecular complexity index is 413. The standard InChI is InChI=1S/C16H26N2O/c1-4-19-14-8-13(9-14)10-16(18-17)15-7-5-6-11(2)12(15)3/h5-7,13-14,16,18H,4,8-10,17H2,1-3H3. The third-order valence-corrected chi connectivity index (χ3v) is 4.39. The predicted octanol–water partition coefficient (Wildman–Crippen LogP) is 3.01. The highest BCUT2D eigenvalue weighted by molar-refractivity contribution is 5.35. The van der Waals surface area contributed by atoms with Gasteiger partial charge in [0.1, 0.15) is 0 Å². The van der Waals surface area contributed by atoms with Crippen LogP contribution in [0.1, 0.15) is 48.9 Å². The lowest BCUT2D eigenvalue weighted by Crippen LogP contribution is -2.36. The summed E-state index contributed by atoms with van der Waals surface area (Å²) in [5, 5.41) is 0. The SMILES string of the molecule is CCOC1CC(CC(NN)c2cccc(C)c2C)C1. The Labute approximate surface area is 116 Å². The molecule has 0 saturated heterocycles. The second kappa shape index (κ2) is 6.51. The number of hydrogen-bond donors (Lipinski definition) is 2. The maximum absolute atomic E-state index is 5.76. The van der Waals surface area contributed by atoms with Crippen LogP contribution < -0.4 is 11.3 Å². The summed E-state index contributed by atoms with van der Waals surface area (Å²) in [4.78, 5) is 0. The molecule has 1 saturated carbocycles. The highest BCUT2D eigenvalue weighted by atomic mass is 16.5. The molecule has 3 nitrogen and oxygen atoms in total. The monoisotopic (exact) mass is 262 g/mol. The Morgan fingerprint density at radius 2 is 2.11 bits per heavy atom. The molecule has 0 spiro atoms. The molecule has 3 N–H and O–H groups in total. The number of hydrazine groups is 1. The molecule has 1 unspecified atom stereocenters. The summed E-state index contributed by atoms with van der Waals surface area (Å²) in [5.74, 6) is 6.50. The molecule has 3 heteroatoms. The molecular weight excluding hydrogens is 236 g/mol. The number of aryl methyl sites for hydroxylation is 1. The molecule has 1 aliphatic rings. The van der Waals surface area contributed by atoms with Gasteiger partial charge in [0.15, 0.2) is 0 Å². The third-order valence-electron chi connectivity index (χ3n) is 4.39. The van der Waals surface area contributed by atoms with Crippen molar-refractivity contribution in [2.45, 2.75) is 52.2 Å². The minimum atomic E-state index is 0.257. The van der Waals surface area contributed by atoms with Gasteiger partial charge in [-0.1, -0.05) is 18.2 Å². The predicted molar refractivity (Wildman–Crippen MR) is 78.7 cm³/mol. The van der Waals surface area contributed by atoms with Crippen molar-refractivity contribution >= 4 is 0 Å². The lowest BCUT2D eigenvalue weighted by molar-refractivity contribution is -0.0291. The van der Waals surface area contributed by atoms with E-state index in [-0.39, 0.29) is 6.04 Å². The first-order chi connectivity index (χ1) is 9.15. The number of hydrogen-bond acceptors (Lipinski definition) is 3. The summed E-state index contributed by atoms with van der Waals surface area (Å²) in [7, 11) is 0. The van der Waals surface area contributed by atoms with Gasteiger partial charge >= 0.3 is 0 Å². The van der Waals surface area contributed by atoms with Gasteiger partial charge in [0.25, 0.3) is 0 Å². The van der Waals surface area contributed by atoms with Crippen molar-refractivity contribution in [2.75, 3.05) is 6.61 Å². The Hall–Kier alpha value is -0.900. The van der Waals surface area contributed by atoms with Crippen LogP contribution in [0.15, 0.2) is 18.2 Å². The largest absolute Gasteiger partial charge is 0.378 e. The summed E-state index contributed by atoms with van der Waals surface area (Å²) < 4.78 is 5.62. The number of benzene rings is 1. The van der Waals surface area contributed by atoms with Crippen LogP contribution in [0.25, 0.3) is 0 Å². The van der Waals surface area contributed by atoms with Crippen molar-refractivity contribution in [3.63, 3.8) is 0 Å². The van der Waals surface area contributed by atoms with Gasteiger partial charge in [-0.05, 0) is 62.6 Å². The summed E-state index contributed by atoms with van der Waals surface area (Å²) >= 11 is 0. The van der Waals surface area contributed by atoms with Gasteiger partial charge in [-0.25, -0.2) is 0 Å². The van der Waals surface area contributed by atoms with E-state index >= 15 is 0 Å². The molecular formula is C16H26N2O. The molecule has 0 bridgehead atoms. The van der Waals surface area contributed by atoms with E-state index in [9.17, 15) is 0 Å². The second-order valence-electron chi connectivity index (χ2n) is 5.66. The molecule has 1 aromatic carbocycles. The van der Waals surface area contributed by atoms with E-state index in [0.717, 1.165) is 18.9 Å². The van der Waals surface area contributed by atoms with Gasteiger partial charge in [0.05, 0.1) is 6.10 Å². The number of nitrogens with one attached hydrogen (secondary N) is 1. The fourth-order valence-electron chi connectivity index (χ4n) is 3.01. The first kappa shape index (κ1) is 14.5. The zero-order chi connectivity index (χ0) is 13.8. The van der Waals surface area contributed by atoms with Gasteiger partial charge < -0.3 is 4.74 Å². The topological polar surface area (TPSA) is 47.3 Å². The molecule has 0 heterocycles. The fraction of sp³-hybridized carbons (Fsp3) is 0.625. The van der Waals surface area contributed by atoms with E-state index in [1.807, 2.05) is 0 Å². The Balaban J connectivity index is 1.96. The van der Waals surface area contributed by atoms with E-state index in [0.29, 0.717) is 6.10 Å². The van der Waals surface area contributed by atoms with Crippen LogP contribution in [0.4, 0.5) is 0 Å². The molecule has 0 radical (unpaired) electrons. The molecule has 1 aromatic rings. The van der Waals surface area contributed by atoms with Gasteiger partial charge in [0, 0.05) is 12.6 Å². The summed E-state index contributed by atoms with van der Waals surface area (Å²) in [5.41, 5.74) is 7.01. The first-order valence-electron chi connectivity index (χ1n) is 7.29. The highest BCUT2D eigenvalue weighted by Gasteiger charge is 2.31. The van der Waals surface area contributed by atoms with Crippen LogP contribution in [0.3, 0.4) is 0 Å². The Morgan fingerprint density at radius 3 is 2.74 bits per heavy atom. The van der Waals surface area contributed by atoms with Crippen molar-refractivity contribution in [2.24, 2.45) is 11.8 Å². The number of nitrogens with two attached hydrogens (primary N) is 1. The quantitative estimate of drug-likeness (QED) is 0.612. The van der Waals surface area contributed by atoms with E-state index in [1.54, 1.807) is 0 Å². The zero-order valence-electron chi connectivity index (χ0n) is 12.3. The molecule has 0 amide bonds. The minimum absolute atomic E-state index is 0.257. The molecule has 19 heavy (non-hydrogen) atoms. The van der Waals surface area contributed by atoms with Gasteiger partial charge in [-0.3, -0.25) is 11.3 Å². The average Bonchev–Trinajstić information content (AvgIpc) is 2.36. The number of ether oxygens (including phenoxy) is 1. The van der Waals surface area contributed by atoms with E-state index in [4.69, 9.17) is 10.6 Å². The fourth-order valence-corrected chi connectivity index (χ4v) is 3.01. The smallest absolute Gasteiger partial charge is 0.0580 e. The molecule has 1 atom stereocenters. The van der Waals surface area contributed by atoms with Crippen molar-refractivity contribution in [1.29, 1.82) is 0 Å². The minimum Gasteiger partial charge on any atom is -0.378 e. The van der Waals surface area contributed by atoms with Crippen LogP contribution in [-0.2, 0) is 4.74 Å². The molecule has 0 aromatic heterocycles. The lowest BCUT2D eigenvalue weighted by atomic mass is 9.77. The van der Waals surface area contributed by atoms with Crippen LogP contribution in [-0.4, -0.2) is 12.7 Å². The Morgan fingerprint density at radius 1 is 1.37 bits per heavy atom. The normalized spacial score (nSPS) is 24.0. The maximum atomic E-state index is 5.76. The van der Waals surface area contributed by atoms with Crippen molar-refractivity contribution in [1.82, 2.24) is 5.43 Å². The summed E-state index contributed by atoms with van der Waals surface area (Å²) in [6.07, 6.45) is 3.94. The molecule has 1 aliphatic carbocycles. The second-order valence-corrected chi connectivity index (χ2v) is 5.66. The third kappa shape index (κ3) is 3.35. The zero-order valence-corrected chi connectivity index (χ0v) is 12.3. The van der Waals surface area contributed by atoms with E-state index < -0.39 is 0 Å². The van der Waals surface area contributed by atoms with E-state index in [2.05, 4.69) is 44.4 Å². The molecule has 0 aliphatic heterocycles. The number of rotatable bonds is 6. The maximum Gasteiger partial charge on any atom is 0.0580 e. The Kier molecular flexibility index (Phi) is 4.97. The van der Waals surface area contributed by atoms with Gasteiger partial charge in [0.2, 0.25) is 0 Å². The van der Waals surface area contributed by atoms with Gasteiger partial charge in [-0.15, -0.1) is 0 Å². The molecule has 1 fully saturated rings. The summed E-state index contributed by atoms with van der Waals surface area (Å²) in [6.45, 7) is 7.22. The van der Waals surface area contributed by atoms with Crippen molar-refractivity contribution < 1.29 is 4.74 Å². The van der Waals surface area contributed by atoms with Crippen molar-refractivity contribution in [3.8, 4) is 0 Å². The van der Waals surface area contributed by atoms with Crippen LogP contribution in [0.5, 0.6) is 0 Å². The van der Waals surface area contributed by atoms with E-state index in [1.165, 1.54) is 29.5 Å². The molecule has 106 valence electrons. The van der Waals surface area contributed by atoms with Crippen LogP contribution >= 0.6 is 0 Å². The summed E-state index contributed by atoms with van der Waals surface area (Å²) in [6, 6.07) is 6.71. The van der Waals surface area contributed by atoms with Crippen LogP contribution in [0.2, 0.25) is 0 Å². The molecule has 2 rings (SSSR count). The lowest BCUT2D eigenvalue weighted by Gasteiger charge is -2.37. The van der Waals surface area contributed by atoms with Crippen LogP contribution in [0, 0.1) is 19.8 Å². The first-order valence-corrected chi connectivity index (χ1v) is 7.29. The average molecular weight is 262 g/mol. The van der Waals surface area contributed by atoms with Gasteiger partial charge in [-0.2, -0.15) is 0 Å².